The highest BCUT2D eigenvalue weighted by Crippen LogP contribution is 2.14. The molecule has 5 nitrogen and oxygen atoms in total. The minimum atomic E-state index is -0.829. The van der Waals surface area contributed by atoms with Gasteiger partial charge in [0.1, 0.15) is 0 Å². The summed E-state index contributed by atoms with van der Waals surface area (Å²) < 4.78 is 0. The van der Waals surface area contributed by atoms with E-state index in [4.69, 9.17) is 10.8 Å². The number of nitrogens with two attached hydrogens (primary N) is 1. The van der Waals surface area contributed by atoms with Crippen molar-refractivity contribution >= 4 is 11.9 Å². The quantitative estimate of drug-likeness (QED) is 0.593. The number of aliphatic carboxylic acids is 1. The lowest BCUT2D eigenvalue weighted by Gasteiger charge is -2.19. The second kappa shape index (κ2) is 8.06. The number of carbonyl (C=O) groups excluding carboxylic acids is 1. The molecule has 0 aliphatic carbocycles. The zero-order valence-corrected chi connectivity index (χ0v) is 10.9. The minimum Gasteiger partial charge on any atom is -0.481 e. The highest BCUT2D eigenvalue weighted by molar-refractivity contribution is 5.81. The van der Waals surface area contributed by atoms with Crippen LogP contribution in [0.5, 0.6) is 0 Å². The Hall–Kier alpha value is -1.10. The fourth-order valence-electron chi connectivity index (χ4n) is 1.71. The summed E-state index contributed by atoms with van der Waals surface area (Å²) in [6.45, 7) is 6.30. The van der Waals surface area contributed by atoms with Gasteiger partial charge in [-0.15, -0.1) is 0 Å². The Morgan fingerprint density at radius 3 is 2.35 bits per heavy atom. The van der Waals surface area contributed by atoms with E-state index in [1.165, 1.54) is 0 Å². The molecule has 0 rings (SSSR count). The lowest BCUT2D eigenvalue weighted by molar-refractivity contribution is -0.138. The van der Waals surface area contributed by atoms with E-state index in [1.807, 2.05) is 20.8 Å². The number of amides is 1. The Morgan fingerprint density at radius 1 is 1.35 bits per heavy atom. The van der Waals surface area contributed by atoms with E-state index in [9.17, 15) is 9.59 Å². The molecule has 0 saturated carbocycles. The third-order valence-electron chi connectivity index (χ3n) is 2.61. The molecule has 0 aromatic rings. The van der Waals surface area contributed by atoms with Crippen molar-refractivity contribution in [1.29, 1.82) is 0 Å². The maximum Gasteiger partial charge on any atom is 0.303 e. The number of carboxylic acids is 1. The predicted octanol–water partition coefficient (Wildman–Crippen LogP) is 0.977. The van der Waals surface area contributed by atoms with E-state index >= 15 is 0 Å². The average Bonchev–Trinajstić information content (AvgIpc) is 2.22. The zero-order chi connectivity index (χ0) is 13.4. The van der Waals surface area contributed by atoms with Crippen molar-refractivity contribution in [3.8, 4) is 0 Å². The Kier molecular flexibility index (Phi) is 7.54. The molecule has 0 aliphatic heterocycles. The maximum atomic E-state index is 11.5. The molecule has 0 aromatic heterocycles. The summed E-state index contributed by atoms with van der Waals surface area (Å²) in [5, 5.41) is 11.5. The zero-order valence-electron chi connectivity index (χ0n) is 10.9. The van der Waals surface area contributed by atoms with Gasteiger partial charge in [0.2, 0.25) is 5.91 Å². The normalized spacial score (nSPS) is 14.4. The summed E-state index contributed by atoms with van der Waals surface area (Å²) in [5.41, 5.74) is 5.58. The maximum absolute atomic E-state index is 11.5. The van der Waals surface area contributed by atoms with Gasteiger partial charge in [-0.05, 0) is 24.7 Å². The van der Waals surface area contributed by atoms with Gasteiger partial charge in [0.25, 0.3) is 0 Å². The van der Waals surface area contributed by atoms with Gasteiger partial charge in [-0.25, -0.2) is 0 Å². The van der Waals surface area contributed by atoms with E-state index in [2.05, 4.69) is 5.32 Å². The molecule has 0 spiro atoms. The molecule has 5 heteroatoms. The van der Waals surface area contributed by atoms with E-state index in [0.717, 1.165) is 6.42 Å². The lowest BCUT2D eigenvalue weighted by atomic mass is 9.94. The summed E-state index contributed by atoms with van der Waals surface area (Å²) in [7, 11) is 0. The average molecular weight is 244 g/mol. The van der Waals surface area contributed by atoms with E-state index in [0.29, 0.717) is 18.9 Å². The van der Waals surface area contributed by atoms with Crippen molar-refractivity contribution in [3.63, 3.8) is 0 Å². The van der Waals surface area contributed by atoms with Crippen LogP contribution in [0, 0.1) is 11.8 Å². The molecule has 1 unspecified atom stereocenters. The van der Waals surface area contributed by atoms with Gasteiger partial charge in [-0.1, -0.05) is 20.8 Å². The van der Waals surface area contributed by atoms with Gasteiger partial charge in [0.15, 0.2) is 0 Å². The van der Waals surface area contributed by atoms with Crippen molar-refractivity contribution in [2.45, 2.75) is 46.1 Å². The SMILES string of the molecule is CC[C@H](N)C(=O)NCC(CC(=O)O)CC(C)C. The lowest BCUT2D eigenvalue weighted by Crippen LogP contribution is -2.42. The number of rotatable bonds is 8. The van der Waals surface area contributed by atoms with Crippen molar-refractivity contribution in [1.82, 2.24) is 5.32 Å². The Morgan fingerprint density at radius 2 is 1.94 bits per heavy atom. The highest BCUT2D eigenvalue weighted by Gasteiger charge is 2.17. The highest BCUT2D eigenvalue weighted by atomic mass is 16.4. The molecule has 0 aliphatic rings. The van der Waals surface area contributed by atoms with Crippen LogP contribution in [0.3, 0.4) is 0 Å². The van der Waals surface area contributed by atoms with Crippen LogP contribution in [-0.4, -0.2) is 29.6 Å². The molecule has 2 atom stereocenters. The van der Waals surface area contributed by atoms with Crippen LogP contribution >= 0.6 is 0 Å². The number of nitrogens with one attached hydrogen (secondary N) is 1. The summed E-state index contributed by atoms with van der Waals surface area (Å²) in [4.78, 5) is 22.2. The first-order valence-electron chi connectivity index (χ1n) is 6.11. The summed E-state index contributed by atoms with van der Waals surface area (Å²) >= 11 is 0. The molecule has 4 N–H and O–H groups in total. The smallest absolute Gasteiger partial charge is 0.303 e. The molecule has 17 heavy (non-hydrogen) atoms. The Bertz CT molecular complexity index is 254. The van der Waals surface area contributed by atoms with Gasteiger partial charge >= 0.3 is 5.97 Å². The third kappa shape index (κ3) is 7.74. The molecule has 0 radical (unpaired) electrons. The molecule has 0 saturated heterocycles. The topological polar surface area (TPSA) is 92.4 Å². The van der Waals surface area contributed by atoms with E-state index in [-0.39, 0.29) is 18.2 Å². The molecule has 100 valence electrons. The molecule has 0 bridgehead atoms. The number of hydrogen-bond acceptors (Lipinski definition) is 3. The number of carbonyl (C=O) groups is 2. The van der Waals surface area contributed by atoms with Crippen molar-refractivity contribution < 1.29 is 14.7 Å². The molecular formula is C12H24N2O3. The number of carboxylic acid groups (broad SMARTS) is 1. The fraction of sp³-hybridized carbons (Fsp3) is 0.833. The van der Waals surface area contributed by atoms with Gasteiger partial charge in [0, 0.05) is 13.0 Å². The first-order valence-corrected chi connectivity index (χ1v) is 6.11. The molecule has 1 amide bonds. The monoisotopic (exact) mass is 244 g/mol. The molecule has 0 heterocycles. The van der Waals surface area contributed by atoms with Gasteiger partial charge < -0.3 is 16.2 Å². The second-order valence-electron chi connectivity index (χ2n) is 4.85. The third-order valence-corrected chi connectivity index (χ3v) is 2.61. The molecule has 0 aromatic carbocycles. The second-order valence-corrected chi connectivity index (χ2v) is 4.85. The van der Waals surface area contributed by atoms with E-state index in [1.54, 1.807) is 0 Å². The van der Waals surface area contributed by atoms with Crippen LogP contribution in [0.2, 0.25) is 0 Å². The van der Waals surface area contributed by atoms with Crippen molar-refractivity contribution in [2.75, 3.05) is 6.54 Å². The van der Waals surface area contributed by atoms with Crippen LogP contribution in [0.4, 0.5) is 0 Å². The standard InChI is InChI=1S/C12H24N2O3/c1-4-10(13)12(17)14-7-9(5-8(2)3)6-11(15)16/h8-10H,4-7,13H2,1-3H3,(H,14,17)(H,15,16)/t9?,10-/m0/s1. The molecular weight excluding hydrogens is 220 g/mol. The van der Waals surface area contributed by atoms with Crippen LogP contribution in [0.25, 0.3) is 0 Å². The summed E-state index contributed by atoms with van der Waals surface area (Å²) in [5.74, 6) is -0.645. The number of hydrogen-bond donors (Lipinski definition) is 3. The Balaban J connectivity index is 4.15. The predicted molar refractivity (Wildman–Crippen MR) is 66.5 cm³/mol. The first-order chi connectivity index (χ1) is 7.86. The fourth-order valence-corrected chi connectivity index (χ4v) is 1.71. The van der Waals surface area contributed by atoms with Crippen LogP contribution in [0.1, 0.15) is 40.0 Å². The van der Waals surface area contributed by atoms with Crippen molar-refractivity contribution in [3.05, 3.63) is 0 Å². The summed E-state index contributed by atoms with van der Waals surface area (Å²) in [6.07, 6.45) is 1.45. The molecule has 0 fully saturated rings. The van der Waals surface area contributed by atoms with Crippen LogP contribution < -0.4 is 11.1 Å². The minimum absolute atomic E-state index is 0.0273. The van der Waals surface area contributed by atoms with Gasteiger partial charge in [-0.3, -0.25) is 9.59 Å². The van der Waals surface area contributed by atoms with Crippen LogP contribution in [0.15, 0.2) is 0 Å². The largest absolute Gasteiger partial charge is 0.481 e. The first kappa shape index (κ1) is 15.9. The Labute approximate surface area is 103 Å². The van der Waals surface area contributed by atoms with Gasteiger partial charge in [0.05, 0.1) is 6.04 Å². The summed E-state index contributed by atoms with van der Waals surface area (Å²) in [6, 6.07) is -0.500. The van der Waals surface area contributed by atoms with Crippen LogP contribution in [-0.2, 0) is 9.59 Å². The van der Waals surface area contributed by atoms with Crippen molar-refractivity contribution in [2.24, 2.45) is 17.6 Å². The van der Waals surface area contributed by atoms with E-state index < -0.39 is 12.0 Å². The van der Waals surface area contributed by atoms with Gasteiger partial charge in [-0.2, -0.15) is 0 Å².